The van der Waals surface area contributed by atoms with Crippen molar-refractivity contribution >= 4 is 49.7 Å². The van der Waals surface area contributed by atoms with Crippen LogP contribution in [0.25, 0.3) is 10.8 Å². The summed E-state index contributed by atoms with van der Waals surface area (Å²) in [6.07, 6.45) is 0.505. The van der Waals surface area contributed by atoms with E-state index in [2.05, 4.69) is 31.4 Å². The number of nitrogens with zero attached hydrogens (tertiary/aromatic N) is 1. The lowest BCUT2D eigenvalue weighted by Crippen LogP contribution is -2.28. The molecule has 8 heteroatoms. The van der Waals surface area contributed by atoms with Crippen molar-refractivity contribution in [3.8, 4) is 0 Å². The molecule has 0 spiro atoms. The zero-order chi connectivity index (χ0) is 27.8. The minimum Gasteiger partial charge on any atom is -0.326 e. The molecule has 0 saturated heterocycles. The molecular formula is C31H31N3O4S. The maximum absolute atomic E-state index is 13.1. The number of hydrogen-bond donors (Lipinski definition) is 2. The van der Waals surface area contributed by atoms with Gasteiger partial charge in [-0.15, -0.1) is 0 Å². The van der Waals surface area contributed by atoms with Crippen LogP contribution in [0.3, 0.4) is 0 Å². The van der Waals surface area contributed by atoms with Crippen LogP contribution in [0.5, 0.6) is 0 Å². The third-order valence-corrected chi connectivity index (χ3v) is 8.72. The molecule has 1 aliphatic rings. The van der Waals surface area contributed by atoms with Crippen LogP contribution in [-0.2, 0) is 20.2 Å². The van der Waals surface area contributed by atoms with E-state index in [9.17, 15) is 18.0 Å². The van der Waals surface area contributed by atoms with Gasteiger partial charge < -0.3 is 10.6 Å². The van der Waals surface area contributed by atoms with Gasteiger partial charge >= 0.3 is 0 Å². The Morgan fingerprint density at radius 2 is 1.46 bits per heavy atom. The van der Waals surface area contributed by atoms with Crippen LogP contribution in [-0.4, -0.2) is 26.8 Å². The van der Waals surface area contributed by atoms with Crippen molar-refractivity contribution in [3.63, 3.8) is 0 Å². The lowest BCUT2D eigenvalue weighted by atomic mass is 9.87. The van der Waals surface area contributed by atoms with E-state index in [0.29, 0.717) is 33.9 Å². The Hall–Kier alpha value is -4.17. The Morgan fingerprint density at radius 3 is 2.15 bits per heavy atom. The lowest BCUT2D eigenvalue weighted by Gasteiger charge is -2.19. The third-order valence-electron chi connectivity index (χ3n) is 6.86. The normalized spacial score (nSPS) is 13.9. The zero-order valence-electron chi connectivity index (χ0n) is 22.2. The second kappa shape index (κ2) is 10.2. The predicted octanol–water partition coefficient (Wildman–Crippen LogP) is 6.32. The van der Waals surface area contributed by atoms with Gasteiger partial charge in [0.2, 0.25) is 5.91 Å². The number of carbonyl (C=O) groups excluding carboxylic acids is 2. The van der Waals surface area contributed by atoms with Crippen LogP contribution < -0.4 is 14.9 Å². The smallest absolute Gasteiger partial charge is 0.265 e. The predicted molar refractivity (Wildman–Crippen MR) is 156 cm³/mol. The molecule has 4 aromatic carbocycles. The molecule has 0 fully saturated rings. The van der Waals surface area contributed by atoms with Crippen LogP contribution in [0.15, 0.2) is 89.8 Å². The Bertz CT molecular complexity index is 1670. The van der Waals surface area contributed by atoms with Gasteiger partial charge in [0.25, 0.3) is 15.9 Å². The quantitative estimate of drug-likeness (QED) is 0.286. The minimum absolute atomic E-state index is 0.00328. The van der Waals surface area contributed by atoms with Crippen LogP contribution >= 0.6 is 0 Å². The molecule has 2 N–H and O–H groups in total. The number of sulfonamides is 1. The summed E-state index contributed by atoms with van der Waals surface area (Å²) in [5, 5.41) is 7.33. The third kappa shape index (κ3) is 5.38. The second-order valence-corrected chi connectivity index (χ2v) is 12.6. The average Bonchev–Trinajstić information content (AvgIpc) is 3.11. The summed E-state index contributed by atoms with van der Waals surface area (Å²) in [7, 11) is -3.64. The molecule has 2 amide bonds. The van der Waals surface area contributed by atoms with Gasteiger partial charge in [-0.3, -0.25) is 13.9 Å². The summed E-state index contributed by atoms with van der Waals surface area (Å²) < 4.78 is 27.6. The number of carbonyl (C=O) groups is 2. The lowest BCUT2D eigenvalue weighted by molar-refractivity contribution is -0.116. The number of amides is 2. The SMILES string of the molecule is CC(C)(C)c1ccc(C(=O)Nc2cccc(NC(=O)CCCN3c4cccc5cccc(c45)S3(=O)=O)c2)cc1. The average molecular weight is 542 g/mol. The maximum Gasteiger partial charge on any atom is 0.265 e. The molecule has 39 heavy (non-hydrogen) atoms. The van der Waals surface area contributed by atoms with Crippen molar-refractivity contribution in [1.82, 2.24) is 0 Å². The van der Waals surface area contributed by atoms with Gasteiger partial charge in [-0.2, -0.15) is 0 Å². The first kappa shape index (κ1) is 26.4. The minimum atomic E-state index is -3.64. The molecule has 0 bridgehead atoms. The van der Waals surface area contributed by atoms with Crippen LogP contribution in [0.1, 0.15) is 49.5 Å². The fourth-order valence-corrected chi connectivity index (χ4v) is 6.55. The van der Waals surface area contributed by atoms with Crippen molar-refractivity contribution in [2.24, 2.45) is 0 Å². The number of hydrogen-bond acceptors (Lipinski definition) is 4. The molecule has 4 aromatic rings. The Kier molecular flexibility index (Phi) is 6.91. The Labute approximate surface area is 228 Å². The molecular weight excluding hydrogens is 510 g/mol. The van der Waals surface area contributed by atoms with Gasteiger partial charge in [-0.1, -0.05) is 63.2 Å². The number of anilines is 3. The van der Waals surface area contributed by atoms with Crippen LogP contribution in [0, 0.1) is 0 Å². The van der Waals surface area contributed by atoms with E-state index in [1.807, 2.05) is 30.3 Å². The molecule has 0 aliphatic carbocycles. The largest absolute Gasteiger partial charge is 0.326 e. The summed E-state index contributed by atoms with van der Waals surface area (Å²) in [4.78, 5) is 25.7. The summed E-state index contributed by atoms with van der Waals surface area (Å²) in [6, 6.07) is 25.3. The molecule has 0 unspecified atom stereocenters. The monoisotopic (exact) mass is 541 g/mol. The fourth-order valence-electron chi connectivity index (χ4n) is 4.81. The van der Waals surface area contributed by atoms with Crippen molar-refractivity contribution in [1.29, 1.82) is 0 Å². The van der Waals surface area contributed by atoms with Crippen molar-refractivity contribution < 1.29 is 18.0 Å². The number of benzene rings is 4. The molecule has 7 nitrogen and oxygen atoms in total. The first-order chi connectivity index (χ1) is 18.5. The van der Waals surface area contributed by atoms with Crippen molar-refractivity contribution in [3.05, 3.63) is 96.1 Å². The first-order valence-corrected chi connectivity index (χ1v) is 14.3. The Balaban J connectivity index is 1.18. The number of rotatable bonds is 7. The van der Waals surface area contributed by atoms with Gasteiger partial charge in [0, 0.05) is 35.3 Å². The highest BCUT2D eigenvalue weighted by Gasteiger charge is 2.35. The first-order valence-electron chi connectivity index (χ1n) is 12.9. The molecule has 0 radical (unpaired) electrons. The molecule has 200 valence electrons. The van der Waals surface area contributed by atoms with Crippen LogP contribution in [0.2, 0.25) is 0 Å². The van der Waals surface area contributed by atoms with Gasteiger partial charge in [0.15, 0.2) is 0 Å². The van der Waals surface area contributed by atoms with Crippen molar-refractivity contribution in [2.45, 2.75) is 43.9 Å². The van der Waals surface area contributed by atoms with E-state index in [4.69, 9.17) is 0 Å². The van der Waals surface area contributed by atoms with E-state index in [-0.39, 0.29) is 30.2 Å². The maximum atomic E-state index is 13.1. The van der Waals surface area contributed by atoms with Gasteiger partial charge in [0.1, 0.15) is 0 Å². The molecule has 1 heterocycles. The Morgan fingerprint density at radius 1 is 0.821 bits per heavy atom. The zero-order valence-corrected chi connectivity index (χ0v) is 23.0. The van der Waals surface area contributed by atoms with E-state index in [0.717, 1.165) is 16.3 Å². The summed E-state index contributed by atoms with van der Waals surface area (Å²) in [5.41, 5.74) is 3.46. The molecule has 0 atom stereocenters. The molecule has 0 saturated carbocycles. The van der Waals surface area contributed by atoms with Gasteiger partial charge in [-0.05, 0) is 65.3 Å². The van der Waals surface area contributed by atoms with Crippen molar-refractivity contribution in [2.75, 3.05) is 21.5 Å². The van der Waals surface area contributed by atoms with Gasteiger partial charge in [-0.25, -0.2) is 8.42 Å². The summed E-state index contributed by atoms with van der Waals surface area (Å²) in [5.74, 6) is -0.467. The molecule has 1 aliphatic heterocycles. The second-order valence-electron chi connectivity index (χ2n) is 10.7. The fraction of sp³-hybridized carbons (Fsp3) is 0.226. The van der Waals surface area contributed by atoms with E-state index in [1.54, 1.807) is 54.6 Å². The van der Waals surface area contributed by atoms with E-state index in [1.165, 1.54) is 4.31 Å². The molecule has 0 aromatic heterocycles. The topological polar surface area (TPSA) is 95.6 Å². The number of nitrogens with one attached hydrogen (secondary N) is 2. The van der Waals surface area contributed by atoms with E-state index >= 15 is 0 Å². The highest BCUT2D eigenvalue weighted by Crippen LogP contribution is 2.42. The molecule has 5 rings (SSSR count). The van der Waals surface area contributed by atoms with E-state index < -0.39 is 10.0 Å². The standard InChI is InChI=1S/C31H31N3O4S/c1-31(2,3)23-17-15-22(16-18-23)30(36)33-25-11-6-10-24(20-25)32-28(35)14-7-19-34-26-12-4-8-21-9-5-13-27(29(21)26)39(34,37)38/h4-6,8-13,15-18,20H,7,14,19H2,1-3H3,(H,32,35)(H,33,36). The highest BCUT2D eigenvalue weighted by atomic mass is 32.2. The van der Waals surface area contributed by atoms with Crippen LogP contribution in [0.4, 0.5) is 17.1 Å². The highest BCUT2D eigenvalue weighted by molar-refractivity contribution is 7.93. The van der Waals surface area contributed by atoms with Gasteiger partial charge in [0.05, 0.1) is 10.6 Å². The summed E-state index contributed by atoms with van der Waals surface area (Å²) >= 11 is 0. The summed E-state index contributed by atoms with van der Waals surface area (Å²) in [6.45, 7) is 6.56.